The molecule has 0 fully saturated rings. The van der Waals surface area contributed by atoms with Crippen molar-refractivity contribution in [3.05, 3.63) is 27.5 Å². The summed E-state index contributed by atoms with van der Waals surface area (Å²) in [6.45, 7) is 3.39. The van der Waals surface area contributed by atoms with Gasteiger partial charge in [0.25, 0.3) is 0 Å². The molecule has 1 N–H and O–H groups in total. The highest BCUT2D eigenvalue weighted by molar-refractivity contribution is 9.10. The number of hydrogen-bond donors (Lipinski definition) is 1. The van der Waals surface area contributed by atoms with Crippen LogP contribution >= 0.6 is 15.9 Å². The molecule has 1 heterocycles. The predicted molar refractivity (Wildman–Crippen MR) is 81.0 cm³/mol. The molecule has 1 aromatic rings. The van der Waals surface area contributed by atoms with Crippen molar-refractivity contribution in [2.24, 2.45) is 5.92 Å². The van der Waals surface area contributed by atoms with Crippen LogP contribution in [0.3, 0.4) is 0 Å². The molecule has 1 aromatic carbocycles. The Balaban J connectivity index is 2.30. The van der Waals surface area contributed by atoms with Gasteiger partial charge in [0, 0.05) is 23.0 Å². The van der Waals surface area contributed by atoms with Gasteiger partial charge in [0.1, 0.15) is 0 Å². The Morgan fingerprint density at radius 1 is 1.59 bits per heavy atom. The van der Waals surface area contributed by atoms with Crippen molar-refractivity contribution in [3.8, 4) is 5.75 Å². The molecule has 0 aromatic heterocycles. The van der Waals surface area contributed by atoms with Gasteiger partial charge in [-0.15, -0.1) is 0 Å². The number of fused-ring (bicyclic) bond motifs is 1. The van der Waals surface area contributed by atoms with E-state index < -0.39 is 17.7 Å². The van der Waals surface area contributed by atoms with Crippen LogP contribution in [0, 0.1) is 11.7 Å². The van der Waals surface area contributed by atoms with Crippen molar-refractivity contribution in [1.82, 2.24) is 4.90 Å². The van der Waals surface area contributed by atoms with Gasteiger partial charge in [-0.05, 0) is 18.6 Å². The highest BCUT2D eigenvalue weighted by Gasteiger charge is 2.36. The van der Waals surface area contributed by atoms with Crippen molar-refractivity contribution >= 4 is 27.8 Å². The molecule has 0 bridgehead atoms. The number of nitrogens with zero attached hydrogens (tertiary/aromatic N) is 1. The maximum Gasteiger partial charge on any atom is 0.306 e. The highest BCUT2D eigenvalue weighted by Crippen LogP contribution is 2.43. The fourth-order valence-electron chi connectivity index (χ4n) is 2.66. The minimum atomic E-state index is -1.02. The molecule has 120 valence electrons. The fourth-order valence-corrected chi connectivity index (χ4v) is 3.43. The third-order valence-corrected chi connectivity index (χ3v) is 4.63. The largest absolute Gasteiger partial charge is 0.494 e. The van der Waals surface area contributed by atoms with E-state index >= 15 is 0 Å². The summed E-state index contributed by atoms with van der Waals surface area (Å²) in [4.78, 5) is 24.7. The van der Waals surface area contributed by atoms with Crippen molar-refractivity contribution in [2.45, 2.75) is 32.9 Å². The third kappa shape index (κ3) is 2.82. The van der Waals surface area contributed by atoms with Crippen LogP contribution in [-0.4, -0.2) is 29.0 Å². The van der Waals surface area contributed by atoms with Gasteiger partial charge in [0.2, 0.25) is 5.91 Å². The van der Waals surface area contributed by atoms with Gasteiger partial charge in [0.15, 0.2) is 11.6 Å². The molecule has 22 heavy (non-hydrogen) atoms. The van der Waals surface area contributed by atoms with E-state index in [0.29, 0.717) is 15.6 Å². The molecule has 0 spiro atoms. The number of carbonyl (C=O) groups is 2. The SMILES string of the molecule is COc1cc(Br)c2c(c1F)CN(C(=O)C[C@H](C)C(=O)O)C2C. The molecule has 7 heteroatoms. The van der Waals surface area contributed by atoms with Gasteiger partial charge >= 0.3 is 5.97 Å². The number of carboxylic acid groups (broad SMARTS) is 1. The number of carbonyl (C=O) groups excluding carboxylic acids is 1. The van der Waals surface area contributed by atoms with Crippen molar-refractivity contribution in [1.29, 1.82) is 0 Å². The van der Waals surface area contributed by atoms with E-state index in [0.717, 1.165) is 0 Å². The monoisotopic (exact) mass is 373 g/mol. The van der Waals surface area contributed by atoms with Crippen molar-refractivity contribution in [3.63, 3.8) is 0 Å². The van der Waals surface area contributed by atoms with E-state index in [2.05, 4.69) is 15.9 Å². The Kier molecular flexibility index (Phi) is 4.75. The van der Waals surface area contributed by atoms with Crippen LogP contribution in [0.2, 0.25) is 0 Å². The summed E-state index contributed by atoms with van der Waals surface area (Å²) in [7, 11) is 1.38. The summed E-state index contributed by atoms with van der Waals surface area (Å²) in [5.74, 6) is -2.46. The standard InChI is InChI=1S/C15H17BrFNO4/c1-7(15(20)21)4-12(19)18-6-9-13(8(18)2)10(16)5-11(22-3)14(9)17/h5,7-8H,4,6H2,1-3H3,(H,20,21)/t7-,8?/m0/s1. The highest BCUT2D eigenvalue weighted by atomic mass is 79.9. The predicted octanol–water partition coefficient (Wildman–Crippen LogP) is 3.11. The van der Waals surface area contributed by atoms with Crippen molar-refractivity contribution in [2.75, 3.05) is 7.11 Å². The number of ether oxygens (including phenoxy) is 1. The zero-order valence-electron chi connectivity index (χ0n) is 12.5. The first kappa shape index (κ1) is 16.7. The van der Waals surface area contributed by atoms with Gasteiger partial charge in [-0.1, -0.05) is 22.9 Å². The van der Waals surface area contributed by atoms with E-state index in [4.69, 9.17) is 9.84 Å². The Hall–Kier alpha value is -1.63. The van der Waals surface area contributed by atoms with E-state index in [1.807, 2.05) is 0 Å². The van der Waals surface area contributed by atoms with Crippen LogP contribution < -0.4 is 4.74 Å². The van der Waals surface area contributed by atoms with Crippen LogP contribution in [-0.2, 0) is 16.1 Å². The maximum atomic E-state index is 14.4. The zero-order chi connectivity index (χ0) is 16.6. The zero-order valence-corrected chi connectivity index (χ0v) is 14.1. The number of amides is 1. The van der Waals surface area contributed by atoms with E-state index in [1.165, 1.54) is 18.9 Å². The first-order valence-corrected chi connectivity index (χ1v) is 7.64. The third-order valence-electron chi connectivity index (χ3n) is 3.98. The van der Waals surface area contributed by atoms with Crippen LogP contribution in [0.1, 0.15) is 37.4 Å². The quantitative estimate of drug-likeness (QED) is 0.880. The summed E-state index contributed by atoms with van der Waals surface area (Å²) in [6, 6.07) is 1.22. The molecule has 1 aliphatic heterocycles. The molecule has 2 rings (SSSR count). The van der Waals surface area contributed by atoms with Crippen LogP contribution in [0.15, 0.2) is 10.5 Å². The van der Waals surface area contributed by atoms with E-state index in [-0.39, 0.29) is 30.7 Å². The Labute approximate surface area is 136 Å². The molecule has 2 atom stereocenters. The average Bonchev–Trinajstić information content (AvgIpc) is 2.81. The maximum absolute atomic E-state index is 14.4. The lowest BCUT2D eigenvalue weighted by Crippen LogP contribution is -2.30. The molecule has 1 amide bonds. The van der Waals surface area contributed by atoms with Gasteiger partial charge in [-0.25, -0.2) is 4.39 Å². The van der Waals surface area contributed by atoms with Crippen LogP contribution in [0.4, 0.5) is 4.39 Å². The number of aliphatic carboxylic acids is 1. The molecule has 0 saturated heterocycles. The Morgan fingerprint density at radius 3 is 2.77 bits per heavy atom. The first-order valence-electron chi connectivity index (χ1n) is 6.84. The van der Waals surface area contributed by atoms with Gasteiger partial charge in [-0.3, -0.25) is 9.59 Å². The van der Waals surface area contributed by atoms with Crippen LogP contribution in [0.5, 0.6) is 5.75 Å². The second-order valence-corrected chi connectivity index (χ2v) is 6.26. The lowest BCUT2D eigenvalue weighted by atomic mass is 10.0. The van der Waals surface area contributed by atoms with Gasteiger partial charge in [-0.2, -0.15) is 0 Å². The summed E-state index contributed by atoms with van der Waals surface area (Å²) in [5.41, 5.74) is 1.12. The summed E-state index contributed by atoms with van der Waals surface area (Å²) >= 11 is 3.39. The molecule has 5 nitrogen and oxygen atoms in total. The number of carboxylic acids is 1. The second kappa shape index (κ2) is 6.24. The number of hydrogen-bond acceptors (Lipinski definition) is 3. The summed E-state index contributed by atoms with van der Waals surface area (Å²) in [5, 5.41) is 8.91. The normalized spacial score (nSPS) is 18.0. The minimum absolute atomic E-state index is 0.107. The first-order chi connectivity index (χ1) is 10.3. The van der Waals surface area contributed by atoms with E-state index in [9.17, 15) is 14.0 Å². The molecule has 1 aliphatic rings. The second-order valence-electron chi connectivity index (χ2n) is 5.41. The molecule has 0 saturated carbocycles. The summed E-state index contributed by atoms with van der Waals surface area (Å²) in [6.07, 6.45) is -0.107. The number of rotatable bonds is 4. The Bertz CT molecular complexity index is 634. The van der Waals surface area contributed by atoms with Gasteiger partial charge < -0.3 is 14.7 Å². The molecular weight excluding hydrogens is 357 g/mol. The van der Waals surface area contributed by atoms with Crippen LogP contribution in [0.25, 0.3) is 0 Å². The fraction of sp³-hybridized carbons (Fsp3) is 0.467. The topological polar surface area (TPSA) is 66.8 Å². The summed E-state index contributed by atoms with van der Waals surface area (Å²) < 4.78 is 20.0. The number of methoxy groups -OCH3 is 1. The number of benzene rings is 1. The lowest BCUT2D eigenvalue weighted by molar-refractivity contribution is -0.145. The molecule has 1 unspecified atom stereocenters. The minimum Gasteiger partial charge on any atom is -0.494 e. The van der Waals surface area contributed by atoms with Gasteiger partial charge in [0.05, 0.1) is 19.1 Å². The molecular formula is C15H17BrFNO4. The number of halogens is 2. The average molecular weight is 374 g/mol. The molecule has 0 aliphatic carbocycles. The molecule has 0 radical (unpaired) electrons. The van der Waals surface area contributed by atoms with E-state index in [1.54, 1.807) is 13.0 Å². The van der Waals surface area contributed by atoms with Crippen molar-refractivity contribution < 1.29 is 23.8 Å². The lowest BCUT2D eigenvalue weighted by Gasteiger charge is -2.23. The smallest absolute Gasteiger partial charge is 0.306 e. The Morgan fingerprint density at radius 2 is 2.23 bits per heavy atom.